The van der Waals surface area contributed by atoms with Gasteiger partial charge in [0.25, 0.3) is 5.91 Å². The molecular weight excluding hydrogens is 535 g/mol. The molecule has 1 N–H and O–H groups in total. The number of methoxy groups -OCH3 is 1. The van der Waals surface area contributed by atoms with Crippen LogP contribution in [0.25, 0.3) is 16.9 Å². The Morgan fingerprint density at radius 1 is 1.10 bits per heavy atom. The molecule has 2 unspecified atom stereocenters. The number of ether oxygens (including phenoxy) is 1. The lowest BCUT2D eigenvalue weighted by molar-refractivity contribution is -0.143. The van der Waals surface area contributed by atoms with Gasteiger partial charge in [-0.2, -0.15) is 18.3 Å². The van der Waals surface area contributed by atoms with Gasteiger partial charge in [-0.05, 0) is 50.6 Å². The number of aliphatic hydroxyl groups is 1. The zero-order valence-corrected chi connectivity index (χ0v) is 23.3. The van der Waals surface area contributed by atoms with Gasteiger partial charge >= 0.3 is 6.18 Å². The molecule has 41 heavy (non-hydrogen) atoms. The summed E-state index contributed by atoms with van der Waals surface area (Å²) < 4.78 is 48.8. The fourth-order valence-corrected chi connectivity index (χ4v) is 5.73. The summed E-state index contributed by atoms with van der Waals surface area (Å²) in [6, 6.07) is 15.7. The molecule has 0 saturated carbocycles. The van der Waals surface area contributed by atoms with Gasteiger partial charge in [0.15, 0.2) is 11.3 Å². The summed E-state index contributed by atoms with van der Waals surface area (Å²) in [4.78, 5) is 22.1. The minimum absolute atomic E-state index is 0.000646. The van der Waals surface area contributed by atoms with Gasteiger partial charge in [-0.1, -0.05) is 30.3 Å². The van der Waals surface area contributed by atoms with Crippen molar-refractivity contribution >= 4 is 11.6 Å². The van der Waals surface area contributed by atoms with E-state index in [4.69, 9.17) is 4.74 Å². The Labute approximate surface area is 236 Å². The summed E-state index contributed by atoms with van der Waals surface area (Å²) in [6.07, 6.45) is -4.21. The molecule has 4 aromatic rings. The van der Waals surface area contributed by atoms with E-state index in [1.165, 1.54) is 20.2 Å². The summed E-state index contributed by atoms with van der Waals surface area (Å²) in [7, 11) is 1.50. The predicted molar refractivity (Wildman–Crippen MR) is 148 cm³/mol. The highest BCUT2D eigenvalue weighted by Gasteiger charge is 2.40. The molecule has 216 valence electrons. The summed E-state index contributed by atoms with van der Waals surface area (Å²) in [6.45, 7) is 6.28. The van der Waals surface area contributed by atoms with Gasteiger partial charge in [-0.3, -0.25) is 9.69 Å². The van der Waals surface area contributed by atoms with Crippen LogP contribution in [0.3, 0.4) is 0 Å². The molecule has 1 fully saturated rings. The van der Waals surface area contributed by atoms with Crippen molar-refractivity contribution in [1.82, 2.24) is 24.4 Å². The molecule has 2 aromatic carbocycles. The zero-order valence-electron chi connectivity index (χ0n) is 23.3. The minimum Gasteiger partial charge on any atom is -0.497 e. The highest BCUT2D eigenvalue weighted by Crippen LogP contribution is 2.37. The first-order valence-electron chi connectivity index (χ1n) is 13.4. The number of hydrogen-bond acceptors (Lipinski definition) is 6. The van der Waals surface area contributed by atoms with Crippen molar-refractivity contribution in [3.63, 3.8) is 0 Å². The highest BCUT2D eigenvalue weighted by atomic mass is 19.4. The quantitative estimate of drug-likeness (QED) is 0.353. The van der Waals surface area contributed by atoms with Crippen LogP contribution in [-0.2, 0) is 6.18 Å². The van der Waals surface area contributed by atoms with E-state index in [0.29, 0.717) is 30.9 Å². The van der Waals surface area contributed by atoms with Crippen LogP contribution >= 0.6 is 0 Å². The second-order valence-electron chi connectivity index (χ2n) is 10.4. The van der Waals surface area contributed by atoms with Crippen molar-refractivity contribution in [1.29, 1.82) is 0 Å². The normalized spacial score (nSPS) is 18.0. The lowest BCUT2D eigenvalue weighted by Gasteiger charge is -2.44. The van der Waals surface area contributed by atoms with Crippen LogP contribution in [0.1, 0.15) is 47.1 Å². The number of nitrogens with zero attached hydrogens (tertiary/aromatic N) is 5. The Hall–Kier alpha value is -3.96. The second-order valence-corrected chi connectivity index (χ2v) is 10.4. The molecule has 1 saturated heterocycles. The van der Waals surface area contributed by atoms with Crippen LogP contribution in [0, 0.1) is 6.92 Å². The van der Waals surface area contributed by atoms with Gasteiger partial charge in [-0.15, -0.1) is 0 Å². The van der Waals surface area contributed by atoms with E-state index < -0.39 is 23.9 Å². The van der Waals surface area contributed by atoms with E-state index >= 15 is 0 Å². The summed E-state index contributed by atoms with van der Waals surface area (Å²) in [5, 5.41) is 14.5. The number of halogens is 3. The Bertz CT molecular complexity index is 1540. The average molecular weight is 568 g/mol. The van der Waals surface area contributed by atoms with E-state index in [2.05, 4.69) is 15.0 Å². The van der Waals surface area contributed by atoms with Crippen LogP contribution in [0.15, 0.2) is 60.8 Å². The molecule has 0 bridgehead atoms. The zero-order chi connectivity index (χ0) is 29.5. The fraction of sp³-hybridized carbons (Fsp3) is 0.367. The number of rotatable bonds is 6. The number of carbonyl (C=O) groups is 1. The van der Waals surface area contributed by atoms with E-state index in [9.17, 15) is 23.1 Å². The highest BCUT2D eigenvalue weighted by molar-refractivity contribution is 6.00. The van der Waals surface area contributed by atoms with Crippen LogP contribution in [0.4, 0.5) is 13.2 Å². The van der Waals surface area contributed by atoms with Gasteiger partial charge < -0.3 is 14.7 Å². The molecule has 11 heteroatoms. The molecule has 1 aliphatic rings. The number of aromatic nitrogens is 3. The van der Waals surface area contributed by atoms with Crippen LogP contribution < -0.4 is 4.74 Å². The van der Waals surface area contributed by atoms with Crippen molar-refractivity contribution < 1.29 is 27.8 Å². The second kappa shape index (κ2) is 11.1. The van der Waals surface area contributed by atoms with Crippen LogP contribution in [0.5, 0.6) is 5.75 Å². The standard InChI is InChI=1S/C30H32F3N5O3/c1-18-17-36(26(20(3)39)22-8-6-5-7-9-22)14-15-37(18)29(40)24-16-34-38-27(30(31,32)33)19(2)25(35-28(24)38)21-10-12-23(41-4)13-11-21/h5-13,16,18,20,26,39H,14-15,17H2,1-4H3/t18-,20?,26?/m1/s1. The van der Waals surface area contributed by atoms with Gasteiger partial charge in [0.2, 0.25) is 0 Å². The van der Waals surface area contributed by atoms with Crippen molar-refractivity contribution in [2.24, 2.45) is 0 Å². The maximum atomic E-state index is 14.3. The number of piperazine rings is 1. The Balaban J connectivity index is 1.50. The molecule has 0 spiro atoms. The van der Waals surface area contributed by atoms with Crippen molar-refractivity contribution in [3.8, 4) is 17.0 Å². The summed E-state index contributed by atoms with van der Waals surface area (Å²) in [5.41, 5.74) is 0.324. The van der Waals surface area contributed by atoms with E-state index in [1.807, 2.05) is 37.3 Å². The molecule has 3 heterocycles. The number of amides is 1. The monoisotopic (exact) mass is 567 g/mol. The molecule has 1 aliphatic heterocycles. The number of carbonyl (C=O) groups excluding carboxylic acids is 1. The third-order valence-corrected chi connectivity index (χ3v) is 7.66. The maximum absolute atomic E-state index is 14.3. The minimum atomic E-state index is -4.73. The lowest BCUT2D eigenvalue weighted by Crippen LogP contribution is -2.55. The molecular formula is C30H32F3N5O3. The van der Waals surface area contributed by atoms with Gasteiger partial charge in [-0.25, -0.2) is 9.50 Å². The Kier molecular flexibility index (Phi) is 7.76. The summed E-state index contributed by atoms with van der Waals surface area (Å²) in [5.74, 6) is 0.118. The average Bonchev–Trinajstić information content (AvgIpc) is 3.35. The van der Waals surface area contributed by atoms with Gasteiger partial charge in [0.1, 0.15) is 11.3 Å². The van der Waals surface area contributed by atoms with Crippen LogP contribution in [0.2, 0.25) is 0 Å². The van der Waals surface area contributed by atoms with Crippen molar-refractivity contribution in [2.45, 2.75) is 45.1 Å². The number of fused-ring (bicyclic) bond motifs is 1. The first-order valence-corrected chi connectivity index (χ1v) is 13.4. The fourth-order valence-electron chi connectivity index (χ4n) is 5.73. The lowest BCUT2D eigenvalue weighted by atomic mass is 9.98. The smallest absolute Gasteiger partial charge is 0.433 e. The molecule has 1 amide bonds. The number of hydrogen-bond donors (Lipinski definition) is 1. The Morgan fingerprint density at radius 3 is 2.37 bits per heavy atom. The molecule has 3 atom stereocenters. The third kappa shape index (κ3) is 5.39. The molecule has 8 nitrogen and oxygen atoms in total. The van der Waals surface area contributed by atoms with E-state index in [1.54, 1.807) is 36.1 Å². The Morgan fingerprint density at radius 2 is 1.78 bits per heavy atom. The molecule has 2 aromatic heterocycles. The number of benzene rings is 2. The largest absolute Gasteiger partial charge is 0.497 e. The first-order chi connectivity index (χ1) is 19.5. The van der Waals surface area contributed by atoms with Crippen molar-refractivity contribution in [2.75, 3.05) is 26.7 Å². The van der Waals surface area contributed by atoms with Gasteiger partial charge in [0, 0.05) is 36.8 Å². The molecule has 0 radical (unpaired) electrons. The van der Waals surface area contributed by atoms with Crippen molar-refractivity contribution in [3.05, 3.63) is 83.2 Å². The number of alkyl halides is 3. The summed E-state index contributed by atoms with van der Waals surface area (Å²) >= 11 is 0. The topological polar surface area (TPSA) is 83.2 Å². The maximum Gasteiger partial charge on any atom is 0.433 e. The SMILES string of the molecule is COc1ccc(-c2nc3c(C(=O)N4CCN(C(c5ccccc5)C(C)O)C[C@H]4C)cnn3c(C(F)(F)F)c2C)cc1. The first kappa shape index (κ1) is 28.6. The predicted octanol–water partition coefficient (Wildman–Crippen LogP) is 5.00. The van der Waals surface area contributed by atoms with Crippen LogP contribution in [-0.4, -0.2) is 74.3 Å². The van der Waals surface area contributed by atoms with E-state index in [-0.39, 0.29) is 34.6 Å². The number of aliphatic hydroxyl groups excluding tert-OH is 1. The van der Waals surface area contributed by atoms with Gasteiger partial charge in [0.05, 0.1) is 31.1 Å². The van der Waals surface area contributed by atoms with E-state index in [0.717, 1.165) is 10.1 Å². The third-order valence-electron chi connectivity index (χ3n) is 7.66. The molecule has 5 rings (SSSR count). The molecule has 0 aliphatic carbocycles.